The Bertz CT molecular complexity index is 598. The summed E-state index contributed by atoms with van der Waals surface area (Å²) < 4.78 is 10.9. The van der Waals surface area contributed by atoms with Gasteiger partial charge in [0, 0.05) is 26.0 Å². The summed E-state index contributed by atoms with van der Waals surface area (Å²) in [6, 6.07) is 7.28. The van der Waals surface area contributed by atoms with Crippen molar-refractivity contribution in [3.05, 3.63) is 24.3 Å². The third-order valence-electron chi connectivity index (χ3n) is 4.58. The molecule has 2 fully saturated rings. The predicted molar refractivity (Wildman–Crippen MR) is 90.1 cm³/mol. The summed E-state index contributed by atoms with van der Waals surface area (Å²) >= 11 is 0. The summed E-state index contributed by atoms with van der Waals surface area (Å²) in [7, 11) is 1.59. The van der Waals surface area contributed by atoms with Gasteiger partial charge in [0.1, 0.15) is 5.75 Å². The molecular weight excluding hydrogens is 308 g/mol. The molecular formula is C18H24N2O4. The van der Waals surface area contributed by atoms with Crippen LogP contribution in [0, 0.1) is 0 Å². The minimum Gasteiger partial charge on any atom is -0.495 e. The van der Waals surface area contributed by atoms with Gasteiger partial charge in [0.25, 0.3) is 0 Å². The third-order valence-corrected chi connectivity index (χ3v) is 4.58. The van der Waals surface area contributed by atoms with Crippen LogP contribution in [0.25, 0.3) is 0 Å². The number of nitrogens with zero attached hydrogens (tertiary/aromatic N) is 1. The van der Waals surface area contributed by atoms with Crippen molar-refractivity contribution < 1.29 is 19.1 Å². The Morgan fingerprint density at radius 1 is 1.42 bits per heavy atom. The largest absolute Gasteiger partial charge is 0.495 e. The van der Waals surface area contributed by atoms with Gasteiger partial charge in [-0.25, -0.2) is 0 Å². The van der Waals surface area contributed by atoms with E-state index in [-0.39, 0.29) is 24.0 Å². The number of anilines is 1. The molecule has 0 aromatic heterocycles. The molecule has 1 aromatic carbocycles. The van der Waals surface area contributed by atoms with Gasteiger partial charge < -0.3 is 19.7 Å². The molecule has 6 heteroatoms. The maximum atomic E-state index is 12.3. The van der Waals surface area contributed by atoms with Gasteiger partial charge in [-0.2, -0.15) is 0 Å². The first-order chi connectivity index (χ1) is 11.7. The van der Waals surface area contributed by atoms with E-state index in [0.29, 0.717) is 25.1 Å². The molecule has 0 aliphatic carbocycles. The minimum absolute atomic E-state index is 0.00364. The van der Waals surface area contributed by atoms with E-state index in [4.69, 9.17) is 9.47 Å². The van der Waals surface area contributed by atoms with E-state index in [1.165, 1.54) is 0 Å². The normalized spacial score (nSPS) is 23.5. The second kappa shape index (κ2) is 7.66. The zero-order valence-corrected chi connectivity index (χ0v) is 14.0. The predicted octanol–water partition coefficient (Wildman–Crippen LogP) is 1.88. The molecule has 0 radical (unpaired) electrons. The van der Waals surface area contributed by atoms with Gasteiger partial charge in [-0.05, 0) is 31.4 Å². The van der Waals surface area contributed by atoms with Crippen LogP contribution in [0.1, 0.15) is 32.1 Å². The average molecular weight is 332 g/mol. The lowest BCUT2D eigenvalue weighted by atomic mass is 10.1. The van der Waals surface area contributed by atoms with Crippen molar-refractivity contribution >= 4 is 17.5 Å². The SMILES string of the molecule is COc1ccccc1N1C[C@H](NC(=O)CC[C@H]2CCCO2)CC1=O. The fraction of sp³-hybridized carbons (Fsp3) is 0.556. The molecule has 6 nitrogen and oxygen atoms in total. The first kappa shape index (κ1) is 16.8. The average Bonchev–Trinajstić information content (AvgIpc) is 3.22. The van der Waals surface area contributed by atoms with Crippen LogP contribution in [0.3, 0.4) is 0 Å². The molecule has 3 rings (SSSR count). The first-order valence-electron chi connectivity index (χ1n) is 8.51. The number of carbonyl (C=O) groups is 2. The molecule has 0 bridgehead atoms. The Hall–Kier alpha value is -2.08. The molecule has 2 aliphatic rings. The van der Waals surface area contributed by atoms with Gasteiger partial charge in [0.2, 0.25) is 11.8 Å². The zero-order valence-electron chi connectivity index (χ0n) is 14.0. The molecule has 2 aliphatic heterocycles. The van der Waals surface area contributed by atoms with Crippen molar-refractivity contribution in [2.24, 2.45) is 0 Å². The Morgan fingerprint density at radius 2 is 2.25 bits per heavy atom. The van der Waals surface area contributed by atoms with Gasteiger partial charge in [0.05, 0.1) is 24.9 Å². The summed E-state index contributed by atoms with van der Waals surface area (Å²) in [6.07, 6.45) is 3.86. The van der Waals surface area contributed by atoms with Gasteiger partial charge in [-0.1, -0.05) is 12.1 Å². The van der Waals surface area contributed by atoms with E-state index in [1.54, 1.807) is 12.0 Å². The van der Waals surface area contributed by atoms with E-state index < -0.39 is 0 Å². The third kappa shape index (κ3) is 3.87. The molecule has 1 N–H and O–H groups in total. The standard InChI is InChI=1S/C18H24N2O4/c1-23-16-7-3-2-6-15(16)20-12-13(11-18(20)22)19-17(21)9-8-14-5-4-10-24-14/h2-3,6-7,13-14H,4-5,8-12H2,1H3,(H,19,21)/t13-,14-/m1/s1. The molecule has 2 saturated heterocycles. The van der Waals surface area contributed by atoms with Crippen molar-refractivity contribution in [3.63, 3.8) is 0 Å². The summed E-state index contributed by atoms with van der Waals surface area (Å²) in [5.41, 5.74) is 0.751. The number of ether oxygens (including phenoxy) is 2. The van der Waals surface area contributed by atoms with Crippen LogP contribution in [0.2, 0.25) is 0 Å². The highest BCUT2D eigenvalue weighted by Crippen LogP contribution is 2.31. The van der Waals surface area contributed by atoms with Crippen molar-refractivity contribution in [1.82, 2.24) is 5.32 Å². The molecule has 2 atom stereocenters. The molecule has 130 valence electrons. The van der Waals surface area contributed by atoms with Gasteiger partial charge in [-0.15, -0.1) is 0 Å². The van der Waals surface area contributed by atoms with E-state index in [0.717, 1.165) is 31.6 Å². The van der Waals surface area contributed by atoms with Crippen LogP contribution in [-0.4, -0.2) is 44.2 Å². The number of methoxy groups -OCH3 is 1. The fourth-order valence-corrected chi connectivity index (χ4v) is 3.35. The maximum Gasteiger partial charge on any atom is 0.229 e. The van der Waals surface area contributed by atoms with Gasteiger partial charge >= 0.3 is 0 Å². The van der Waals surface area contributed by atoms with Crippen LogP contribution >= 0.6 is 0 Å². The molecule has 0 unspecified atom stereocenters. The molecule has 0 saturated carbocycles. The highest BCUT2D eigenvalue weighted by molar-refractivity contribution is 5.98. The Balaban J connectivity index is 1.53. The Kier molecular flexibility index (Phi) is 5.35. The number of rotatable bonds is 6. The van der Waals surface area contributed by atoms with Crippen molar-refractivity contribution in [3.8, 4) is 5.75 Å². The van der Waals surface area contributed by atoms with Crippen molar-refractivity contribution in [1.29, 1.82) is 0 Å². The topological polar surface area (TPSA) is 67.9 Å². The van der Waals surface area contributed by atoms with Crippen LogP contribution in [0.15, 0.2) is 24.3 Å². The molecule has 24 heavy (non-hydrogen) atoms. The Morgan fingerprint density at radius 3 is 3.00 bits per heavy atom. The van der Waals surface area contributed by atoms with Gasteiger partial charge in [-0.3, -0.25) is 9.59 Å². The maximum absolute atomic E-state index is 12.3. The van der Waals surface area contributed by atoms with Gasteiger partial charge in [0.15, 0.2) is 0 Å². The summed E-state index contributed by atoms with van der Waals surface area (Å²) in [4.78, 5) is 26.1. The summed E-state index contributed by atoms with van der Waals surface area (Å²) in [6.45, 7) is 1.28. The van der Waals surface area contributed by atoms with Crippen molar-refractivity contribution in [2.45, 2.75) is 44.2 Å². The molecule has 0 spiro atoms. The number of carbonyl (C=O) groups excluding carboxylic acids is 2. The first-order valence-corrected chi connectivity index (χ1v) is 8.51. The number of para-hydroxylation sites is 2. The molecule has 2 heterocycles. The van der Waals surface area contributed by atoms with E-state index in [2.05, 4.69) is 5.32 Å². The van der Waals surface area contributed by atoms with E-state index in [1.807, 2.05) is 24.3 Å². The van der Waals surface area contributed by atoms with E-state index in [9.17, 15) is 9.59 Å². The fourth-order valence-electron chi connectivity index (χ4n) is 3.35. The summed E-state index contributed by atoms with van der Waals surface area (Å²) in [5, 5.41) is 2.97. The lowest BCUT2D eigenvalue weighted by molar-refractivity contribution is -0.122. The Labute approximate surface area is 142 Å². The molecule has 1 aromatic rings. The van der Waals surface area contributed by atoms with Crippen molar-refractivity contribution in [2.75, 3.05) is 25.2 Å². The monoisotopic (exact) mass is 332 g/mol. The second-order valence-corrected chi connectivity index (χ2v) is 6.32. The number of hydrogen-bond donors (Lipinski definition) is 1. The smallest absolute Gasteiger partial charge is 0.229 e. The number of amides is 2. The lowest BCUT2D eigenvalue weighted by Crippen LogP contribution is -2.37. The van der Waals surface area contributed by atoms with Crippen LogP contribution in [0.4, 0.5) is 5.69 Å². The van der Waals surface area contributed by atoms with Crippen LogP contribution in [0.5, 0.6) is 5.75 Å². The second-order valence-electron chi connectivity index (χ2n) is 6.32. The highest BCUT2D eigenvalue weighted by Gasteiger charge is 2.33. The zero-order chi connectivity index (χ0) is 16.9. The number of benzene rings is 1. The van der Waals surface area contributed by atoms with E-state index >= 15 is 0 Å². The summed E-state index contributed by atoms with van der Waals surface area (Å²) in [5.74, 6) is 0.658. The number of hydrogen-bond acceptors (Lipinski definition) is 4. The lowest BCUT2D eigenvalue weighted by Gasteiger charge is -2.19. The van der Waals surface area contributed by atoms with Crippen LogP contribution < -0.4 is 15.0 Å². The minimum atomic E-state index is -0.153. The highest BCUT2D eigenvalue weighted by atomic mass is 16.5. The quantitative estimate of drug-likeness (QED) is 0.864. The van der Waals surface area contributed by atoms with Crippen LogP contribution in [-0.2, 0) is 14.3 Å². The molecule has 2 amide bonds. The number of nitrogens with one attached hydrogen (secondary N) is 1.